The maximum Gasteiger partial charge on any atom is 0.283 e. The molecule has 0 aliphatic carbocycles. The Balaban J connectivity index is 1.32. The van der Waals surface area contributed by atoms with Crippen molar-refractivity contribution in [3.8, 4) is 17.2 Å². The second-order valence-corrected chi connectivity index (χ2v) is 8.69. The van der Waals surface area contributed by atoms with Gasteiger partial charge in [0.1, 0.15) is 24.8 Å². The highest BCUT2D eigenvalue weighted by molar-refractivity contribution is 8.17. The Hall–Kier alpha value is -4.30. The van der Waals surface area contributed by atoms with Gasteiger partial charge in [-0.2, -0.15) is 4.99 Å². The zero-order valence-corrected chi connectivity index (χ0v) is 20.3. The molecule has 180 valence electrons. The first kappa shape index (κ1) is 23.4. The molecule has 0 spiro atoms. The van der Waals surface area contributed by atoms with Crippen LogP contribution in [0.1, 0.15) is 11.1 Å². The summed E-state index contributed by atoms with van der Waals surface area (Å²) in [6, 6.07) is 24.7. The van der Waals surface area contributed by atoms with Crippen molar-refractivity contribution in [1.82, 2.24) is 4.90 Å². The highest BCUT2D eigenvalue weighted by atomic mass is 32.2. The van der Waals surface area contributed by atoms with Gasteiger partial charge < -0.3 is 14.2 Å². The number of amides is 1. The molecule has 36 heavy (non-hydrogen) atoms. The number of hydrogen-bond acceptors (Lipinski definition) is 6. The highest BCUT2D eigenvalue weighted by Crippen LogP contribution is 2.37. The number of carbonyl (C=O) groups excluding carboxylic acids is 1. The monoisotopic (exact) mass is 497 g/mol. The van der Waals surface area contributed by atoms with Gasteiger partial charge in [0, 0.05) is 5.41 Å². The van der Waals surface area contributed by atoms with Crippen molar-refractivity contribution in [2.75, 3.05) is 20.3 Å². The molecule has 0 unspecified atom stereocenters. The molecule has 7 nitrogen and oxygen atoms in total. The van der Waals surface area contributed by atoms with Crippen LogP contribution in [0.2, 0.25) is 0 Å². The van der Waals surface area contributed by atoms with Gasteiger partial charge in [-0.3, -0.25) is 15.1 Å². The van der Waals surface area contributed by atoms with Gasteiger partial charge in [-0.05, 0) is 41.5 Å². The molecule has 8 heteroatoms. The van der Waals surface area contributed by atoms with Crippen LogP contribution in [0.3, 0.4) is 0 Å². The van der Waals surface area contributed by atoms with Gasteiger partial charge in [-0.15, -0.1) is 0 Å². The van der Waals surface area contributed by atoms with Gasteiger partial charge >= 0.3 is 0 Å². The molecule has 0 radical (unpaired) electrons. The van der Waals surface area contributed by atoms with Crippen molar-refractivity contribution >= 4 is 40.4 Å². The normalized spacial score (nSPS) is 15.9. The van der Waals surface area contributed by atoms with Crippen molar-refractivity contribution in [3.63, 3.8) is 0 Å². The van der Waals surface area contributed by atoms with Gasteiger partial charge in [-0.1, -0.05) is 66.4 Å². The minimum Gasteiger partial charge on any atom is -0.493 e. The molecule has 0 saturated heterocycles. The van der Waals surface area contributed by atoms with Crippen LogP contribution in [0, 0.1) is 5.41 Å². The van der Waals surface area contributed by atoms with E-state index in [2.05, 4.69) is 4.99 Å². The van der Waals surface area contributed by atoms with E-state index in [0.717, 1.165) is 17.0 Å². The summed E-state index contributed by atoms with van der Waals surface area (Å²) < 4.78 is 17.0. The third-order valence-corrected chi connectivity index (χ3v) is 6.36. The van der Waals surface area contributed by atoms with Crippen LogP contribution in [0.25, 0.3) is 11.8 Å². The first-order chi connectivity index (χ1) is 17.6. The highest BCUT2D eigenvalue weighted by Gasteiger charge is 2.36. The fourth-order valence-electron chi connectivity index (χ4n) is 3.80. The Labute approximate surface area is 213 Å². The first-order valence-electron chi connectivity index (χ1n) is 11.3. The Kier molecular flexibility index (Phi) is 6.86. The van der Waals surface area contributed by atoms with Gasteiger partial charge in [-0.25, -0.2) is 0 Å². The fourth-order valence-corrected chi connectivity index (χ4v) is 4.69. The fraction of sp³-hybridized carbons (Fsp3) is 0.107. The van der Waals surface area contributed by atoms with Gasteiger partial charge in [0.05, 0.1) is 18.4 Å². The van der Waals surface area contributed by atoms with Gasteiger partial charge in [0.25, 0.3) is 5.91 Å². The number of hydrogen-bond donors (Lipinski definition) is 1. The Morgan fingerprint density at radius 3 is 2.42 bits per heavy atom. The minimum absolute atomic E-state index is 0.0856. The number of rotatable bonds is 8. The molecular weight excluding hydrogens is 474 g/mol. The number of benzene rings is 3. The SMILES string of the molecule is COc1cc(C=C2C(=N)N3C(c4ccccc4)=CSC3=NC2=O)ccc1OCCOc1ccccc1. The molecule has 2 aliphatic heterocycles. The van der Waals surface area contributed by atoms with Crippen molar-refractivity contribution < 1.29 is 19.0 Å². The number of aliphatic imine (C=N–C) groups is 1. The van der Waals surface area contributed by atoms with Crippen molar-refractivity contribution in [1.29, 1.82) is 5.41 Å². The van der Waals surface area contributed by atoms with Crippen LogP contribution < -0.4 is 14.2 Å². The van der Waals surface area contributed by atoms with E-state index in [0.29, 0.717) is 35.4 Å². The van der Waals surface area contributed by atoms with Crippen molar-refractivity contribution in [3.05, 3.63) is 101 Å². The smallest absolute Gasteiger partial charge is 0.283 e. The predicted octanol–water partition coefficient (Wildman–Crippen LogP) is 5.46. The number of nitrogens with one attached hydrogen (secondary N) is 1. The van der Waals surface area contributed by atoms with E-state index in [4.69, 9.17) is 19.6 Å². The summed E-state index contributed by atoms with van der Waals surface area (Å²) in [5.74, 6) is 1.50. The van der Waals surface area contributed by atoms with E-state index in [-0.39, 0.29) is 11.4 Å². The summed E-state index contributed by atoms with van der Waals surface area (Å²) in [7, 11) is 1.56. The molecule has 0 saturated carbocycles. The lowest BCUT2D eigenvalue weighted by atomic mass is 10.1. The van der Waals surface area contributed by atoms with Crippen LogP contribution in [0.4, 0.5) is 0 Å². The molecular formula is C28H23N3O4S. The molecule has 0 aromatic heterocycles. The molecule has 5 rings (SSSR count). The van der Waals surface area contributed by atoms with Crippen LogP contribution in [0.15, 0.2) is 94.8 Å². The van der Waals surface area contributed by atoms with E-state index in [9.17, 15) is 4.79 Å². The second-order valence-electron chi connectivity index (χ2n) is 7.85. The summed E-state index contributed by atoms with van der Waals surface area (Å²) in [5, 5.41) is 11.2. The average Bonchev–Trinajstić information content (AvgIpc) is 3.34. The third kappa shape index (κ3) is 4.89. The van der Waals surface area contributed by atoms with Gasteiger partial charge in [0.2, 0.25) is 0 Å². The third-order valence-electron chi connectivity index (χ3n) is 5.54. The van der Waals surface area contributed by atoms with Crippen molar-refractivity contribution in [2.24, 2.45) is 4.99 Å². The maximum atomic E-state index is 12.8. The molecule has 0 atom stereocenters. The average molecular weight is 498 g/mol. The van der Waals surface area contributed by atoms with Crippen LogP contribution in [-0.4, -0.2) is 42.1 Å². The number of methoxy groups -OCH3 is 1. The summed E-state index contributed by atoms with van der Waals surface area (Å²) in [6.45, 7) is 0.726. The zero-order valence-electron chi connectivity index (χ0n) is 19.5. The molecule has 1 amide bonds. The molecule has 2 aliphatic rings. The largest absolute Gasteiger partial charge is 0.493 e. The summed E-state index contributed by atoms with van der Waals surface area (Å²) in [6.07, 6.45) is 1.65. The van der Waals surface area contributed by atoms with Crippen LogP contribution >= 0.6 is 11.8 Å². The Morgan fingerprint density at radius 1 is 0.944 bits per heavy atom. The number of carbonyl (C=O) groups is 1. The Bertz CT molecular complexity index is 1380. The van der Waals surface area contributed by atoms with Crippen LogP contribution in [0.5, 0.6) is 17.2 Å². The van der Waals surface area contributed by atoms with Crippen LogP contribution in [-0.2, 0) is 4.79 Å². The molecule has 3 aromatic rings. The molecule has 0 fully saturated rings. The Morgan fingerprint density at radius 2 is 1.67 bits per heavy atom. The number of ether oxygens (including phenoxy) is 3. The van der Waals surface area contributed by atoms with Gasteiger partial charge in [0.15, 0.2) is 16.7 Å². The topological polar surface area (TPSA) is 84.2 Å². The van der Waals surface area contributed by atoms with E-state index in [1.54, 1.807) is 30.2 Å². The first-order valence-corrected chi connectivity index (χ1v) is 12.2. The predicted molar refractivity (Wildman–Crippen MR) is 142 cm³/mol. The molecule has 0 bridgehead atoms. The number of nitrogens with zero attached hydrogens (tertiary/aromatic N) is 2. The lowest BCUT2D eigenvalue weighted by molar-refractivity contribution is -0.114. The van der Waals surface area contributed by atoms with E-state index in [1.807, 2.05) is 72.1 Å². The lowest BCUT2D eigenvalue weighted by Gasteiger charge is -2.27. The summed E-state index contributed by atoms with van der Waals surface area (Å²) in [5.41, 5.74) is 2.67. The summed E-state index contributed by atoms with van der Waals surface area (Å²) in [4.78, 5) is 18.7. The molecule has 1 N–H and O–H groups in total. The maximum absolute atomic E-state index is 12.8. The van der Waals surface area contributed by atoms with Crippen molar-refractivity contribution in [2.45, 2.75) is 0 Å². The van der Waals surface area contributed by atoms with E-state index < -0.39 is 5.91 Å². The molecule has 2 heterocycles. The number of fused-ring (bicyclic) bond motifs is 1. The summed E-state index contributed by atoms with van der Waals surface area (Å²) >= 11 is 1.34. The number of amidine groups is 2. The number of para-hydroxylation sites is 1. The lowest BCUT2D eigenvalue weighted by Crippen LogP contribution is -2.38. The second kappa shape index (κ2) is 10.5. The number of thioether (sulfide) groups is 1. The molecule has 3 aromatic carbocycles. The quantitative estimate of drug-likeness (QED) is 0.329. The standard InChI is InChI=1S/C28H23N3O4S/c1-33-25-17-19(12-13-24(25)35-15-14-34-21-10-6-3-7-11-21)16-22-26(29)31-23(20-8-4-2-5-9-20)18-36-28(31)30-27(22)32/h2-13,16-18,29H,14-15H2,1H3. The minimum atomic E-state index is -0.446. The van der Waals surface area contributed by atoms with E-state index in [1.165, 1.54) is 11.8 Å². The van der Waals surface area contributed by atoms with E-state index >= 15 is 0 Å². The zero-order chi connectivity index (χ0) is 24.9.